The van der Waals surface area contributed by atoms with Gasteiger partial charge in [0, 0.05) is 47.2 Å². The van der Waals surface area contributed by atoms with E-state index < -0.39 is 11.6 Å². The lowest BCUT2D eigenvalue weighted by Gasteiger charge is -2.31. The Hall–Kier alpha value is -4.08. The van der Waals surface area contributed by atoms with E-state index in [4.69, 9.17) is 47.5 Å². The Kier molecular flexibility index (Phi) is 10.4. The Bertz CT molecular complexity index is 1580. The molecule has 0 bridgehead atoms. The third-order valence-electron chi connectivity index (χ3n) is 7.24. The van der Waals surface area contributed by atoms with Gasteiger partial charge in [-0.1, -0.05) is 71.7 Å². The lowest BCUT2D eigenvalue weighted by atomic mass is 9.82. The molecule has 1 aliphatic heterocycles. The smallest absolute Gasteiger partial charge is 0.266 e. The summed E-state index contributed by atoms with van der Waals surface area (Å²) in [6.45, 7) is 0.824. The zero-order valence-corrected chi connectivity index (χ0v) is 25.6. The van der Waals surface area contributed by atoms with E-state index in [-0.39, 0.29) is 18.9 Å². The van der Waals surface area contributed by atoms with Crippen molar-refractivity contribution in [2.24, 2.45) is 4.99 Å². The van der Waals surface area contributed by atoms with Crippen LogP contribution < -0.4 is 20.3 Å². The number of hydrogen-bond donors (Lipinski definition) is 3. The van der Waals surface area contributed by atoms with Crippen LogP contribution in [-0.2, 0) is 22.5 Å². The van der Waals surface area contributed by atoms with E-state index in [1.54, 1.807) is 37.4 Å². The summed E-state index contributed by atoms with van der Waals surface area (Å²) in [5, 5.41) is 9.88. The van der Waals surface area contributed by atoms with Crippen LogP contribution in [0.25, 0.3) is 0 Å². The molecule has 1 aliphatic rings. The van der Waals surface area contributed by atoms with Crippen LogP contribution in [0.5, 0.6) is 11.5 Å². The van der Waals surface area contributed by atoms with E-state index in [0.717, 1.165) is 16.9 Å². The molecule has 0 aliphatic carbocycles. The largest absolute Gasteiger partial charge is 0.497 e. The first-order chi connectivity index (χ1) is 21.4. The number of carbonyl (C=O) groups excluding carboxylic acids is 1. The maximum absolute atomic E-state index is 14.3. The number of aliphatic imine (C=N–C) groups is 1. The quantitative estimate of drug-likeness (QED) is 0.122. The molecule has 3 N–H and O–H groups in total. The lowest BCUT2D eigenvalue weighted by Crippen LogP contribution is -2.53. The van der Waals surface area contributed by atoms with Crippen molar-refractivity contribution in [2.45, 2.75) is 31.0 Å². The van der Waals surface area contributed by atoms with Crippen molar-refractivity contribution >= 4 is 35.0 Å². The van der Waals surface area contributed by atoms with E-state index in [2.05, 4.69) is 10.9 Å². The van der Waals surface area contributed by atoms with E-state index >= 15 is 0 Å². The molecule has 4 aromatic rings. The fourth-order valence-corrected chi connectivity index (χ4v) is 5.47. The van der Waals surface area contributed by atoms with Gasteiger partial charge in [0.25, 0.3) is 5.91 Å². The molecule has 0 radical (unpaired) electrons. The minimum absolute atomic E-state index is 0.0535. The van der Waals surface area contributed by atoms with Crippen LogP contribution in [0.15, 0.2) is 102 Å². The summed E-state index contributed by atoms with van der Waals surface area (Å²) in [4.78, 5) is 19.3. The number of halogens is 2. The van der Waals surface area contributed by atoms with Crippen molar-refractivity contribution in [1.29, 1.82) is 0 Å². The molecule has 1 heterocycles. The second-order valence-electron chi connectivity index (χ2n) is 10.3. The maximum atomic E-state index is 14.3. The van der Waals surface area contributed by atoms with Gasteiger partial charge in [-0.25, -0.2) is 10.4 Å². The molecule has 1 amide bonds. The van der Waals surface area contributed by atoms with Crippen LogP contribution in [0, 0.1) is 0 Å². The first-order valence-corrected chi connectivity index (χ1v) is 14.9. The average molecular weight is 635 g/mol. The van der Waals surface area contributed by atoms with Gasteiger partial charge in [0.2, 0.25) is 5.90 Å². The summed E-state index contributed by atoms with van der Waals surface area (Å²) in [7, 11) is 1.61. The predicted octanol–water partition coefficient (Wildman–Crippen LogP) is 6.08. The topological polar surface area (TPSA) is 101 Å². The van der Waals surface area contributed by atoms with Crippen LogP contribution in [0.2, 0.25) is 10.0 Å². The van der Waals surface area contributed by atoms with Crippen molar-refractivity contribution in [3.05, 3.63) is 129 Å². The highest BCUT2D eigenvalue weighted by atomic mass is 35.5. The fourth-order valence-electron chi connectivity index (χ4n) is 4.96. The third kappa shape index (κ3) is 7.34. The Morgan fingerprint density at radius 3 is 2.36 bits per heavy atom. The van der Waals surface area contributed by atoms with E-state index in [9.17, 15) is 4.79 Å². The fraction of sp³-hybridized carbons (Fsp3) is 0.235. The van der Waals surface area contributed by atoms with E-state index in [1.165, 1.54) is 0 Å². The number of nitrogens with one attached hydrogen (secondary N) is 2. The molecular weight excluding hydrogens is 601 g/mol. The highest BCUT2D eigenvalue weighted by Crippen LogP contribution is 2.45. The Balaban J connectivity index is 1.50. The van der Waals surface area contributed by atoms with Crippen LogP contribution in [0.1, 0.15) is 34.8 Å². The van der Waals surface area contributed by atoms with Crippen molar-refractivity contribution in [3.8, 4) is 11.5 Å². The molecule has 0 spiro atoms. The lowest BCUT2D eigenvalue weighted by molar-refractivity contribution is -0.130. The minimum Gasteiger partial charge on any atom is -0.497 e. The number of aliphatic hydroxyl groups is 1. The zero-order valence-electron chi connectivity index (χ0n) is 24.1. The Morgan fingerprint density at radius 1 is 0.955 bits per heavy atom. The highest BCUT2D eigenvalue weighted by Gasteiger charge is 2.54. The molecule has 5 rings (SSSR count). The van der Waals surface area contributed by atoms with Crippen LogP contribution in [-0.4, -0.2) is 42.8 Å². The number of ether oxygens (including phenoxy) is 3. The first-order valence-electron chi connectivity index (χ1n) is 14.2. The molecule has 228 valence electrons. The van der Waals surface area contributed by atoms with E-state index in [1.807, 2.05) is 66.7 Å². The van der Waals surface area contributed by atoms with Gasteiger partial charge in [-0.3, -0.25) is 10.2 Å². The Morgan fingerprint density at radius 2 is 1.68 bits per heavy atom. The Labute approximate surface area is 266 Å². The monoisotopic (exact) mass is 633 g/mol. The normalized spacial score (nSPS) is 17.5. The molecular formula is C34H33Cl2N3O5. The summed E-state index contributed by atoms with van der Waals surface area (Å²) in [5.74, 6) is 1.31. The molecule has 0 aromatic heterocycles. The second kappa shape index (κ2) is 14.6. The summed E-state index contributed by atoms with van der Waals surface area (Å²) in [6, 6.07) is 29.6. The number of hydrogen-bond acceptors (Lipinski definition) is 7. The number of nitrogens with zero attached hydrogens (tertiary/aromatic N) is 1. The van der Waals surface area contributed by atoms with Crippen molar-refractivity contribution in [1.82, 2.24) is 10.9 Å². The van der Waals surface area contributed by atoms with Gasteiger partial charge in [0.05, 0.1) is 13.7 Å². The summed E-state index contributed by atoms with van der Waals surface area (Å²) < 4.78 is 17.5. The summed E-state index contributed by atoms with van der Waals surface area (Å²) >= 11 is 13.0. The van der Waals surface area contributed by atoms with E-state index in [0.29, 0.717) is 52.4 Å². The van der Waals surface area contributed by atoms with Crippen molar-refractivity contribution in [2.75, 3.05) is 20.3 Å². The van der Waals surface area contributed by atoms with Gasteiger partial charge in [0.15, 0.2) is 11.6 Å². The molecule has 8 nitrogen and oxygen atoms in total. The predicted molar refractivity (Wildman–Crippen MR) is 171 cm³/mol. The van der Waals surface area contributed by atoms with Gasteiger partial charge in [-0.15, -0.1) is 0 Å². The molecule has 4 aromatic carbocycles. The van der Waals surface area contributed by atoms with Gasteiger partial charge < -0.3 is 19.3 Å². The van der Waals surface area contributed by atoms with Crippen LogP contribution in [0.3, 0.4) is 0 Å². The molecule has 10 heteroatoms. The standard InChI is InChI=1S/C34H33Cl2N3O5/c1-42-27-13-8-24(9-14-27)22-37-39-33(41)34(21-23-6-3-2-4-7-23)31(29-17-12-26(35)20-30(29)36)44-32(38-34)25-10-15-28(16-11-25)43-19-5-18-40/h2-4,6-17,20,31,37,40H,5,18-19,21-22H2,1H3,(H,39,41)/t31-,34-/m0/s1. The number of aliphatic hydroxyl groups excluding tert-OH is 1. The number of amides is 1. The zero-order chi connectivity index (χ0) is 30.9. The molecule has 0 saturated carbocycles. The van der Waals surface area contributed by atoms with Crippen molar-refractivity contribution in [3.63, 3.8) is 0 Å². The van der Waals surface area contributed by atoms with Gasteiger partial charge in [0.1, 0.15) is 11.5 Å². The first kappa shape index (κ1) is 31.3. The minimum atomic E-state index is -1.43. The molecule has 0 fully saturated rings. The van der Waals surface area contributed by atoms with Crippen molar-refractivity contribution < 1.29 is 24.1 Å². The van der Waals surface area contributed by atoms with Crippen LogP contribution >= 0.6 is 23.2 Å². The number of hydrazine groups is 1. The average Bonchev–Trinajstić information content (AvgIpc) is 3.42. The third-order valence-corrected chi connectivity index (χ3v) is 7.81. The molecule has 0 saturated heterocycles. The number of carbonyl (C=O) groups is 1. The highest BCUT2D eigenvalue weighted by molar-refractivity contribution is 6.35. The molecule has 44 heavy (non-hydrogen) atoms. The maximum Gasteiger partial charge on any atom is 0.266 e. The second-order valence-corrected chi connectivity index (χ2v) is 11.1. The molecule has 0 unspecified atom stereocenters. The van der Waals surface area contributed by atoms with Crippen LogP contribution in [0.4, 0.5) is 0 Å². The van der Waals surface area contributed by atoms with Gasteiger partial charge in [-0.05, 0) is 59.7 Å². The number of rotatable bonds is 13. The van der Waals surface area contributed by atoms with Gasteiger partial charge >= 0.3 is 0 Å². The number of methoxy groups -OCH3 is 1. The number of benzene rings is 4. The summed E-state index contributed by atoms with van der Waals surface area (Å²) in [5.41, 5.74) is 7.61. The SMILES string of the molecule is COc1ccc(CNNC(=O)[C@@]2(Cc3ccccc3)N=C(c3ccc(OCCCO)cc3)O[C@H]2c2ccc(Cl)cc2Cl)cc1. The molecule has 2 atom stereocenters. The summed E-state index contributed by atoms with van der Waals surface area (Å²) in [6.07, 6.45) is -0.102. The van der Waals surface area contributed by atoms with Gasteiger partial charge in [-0.2, -0.15) is 0 Å².